The Morgan fingerprint density at radius 2 is 1.83 bits per heavy atom. The van der Waals surface area contributed by atoms with Crippen LogP contribution in [0.5, 0.6) is 5.75 Å². The topological polar surface area (TPSA) is 9.23 Å². The fourth-order valence-corrected chi connectivity index (χ4v) is 2.93. The molecule has 0 aromatic heterocycles. The highest BCUT2D eigenvalue weighted by Crippen LogP contribution is 2.34. The highest BCUT2D eigenvalue weighted by atomic mass is 127. The maximum Gasteiger partial charge on any atom is 0.147 e. The van der Waals surface area contributed by atoms with E-state index in [1.807, 2.05) is 0 Å². The van der Waals surface area contributed by atoms with Crippen molar-refractivity contribution in [3.8, 4) is 5.75 Å². The van der Waals surface area contributed by atoms with Crippen molar-refractivity contribution < 1.29 is 4.74 Å². The van der Waals surface area contributed by atoms with Crippen molar-refractivity contribution in [2.75, 3.05) is 7.11 Å². The monoisotopic (exact) mass is 404 g/mol. The second kappa shape index (κ2) is 4.81. The molecule has 1 nitrogen and oxygen atoms in total. The van der Waals surface area contributed by atoms with Crippen molar-refractivity contribution in [1.82, 2.24) is 0 Å². The van der Waals surface area contributed by atoms with E-state index in [2.05, 4.69) is 66.6 Å². The van der Waals surface area contributed by atoms with E-state index in [1.165, 1.54) is 5.56 Å². The summed E-state index contributed by atoms with van der Waals surface area (Å²) in [6.45, 7) is 0. The van der Waals surface area contributed by atoms with Crippen LogP contribution in [-0.2, 0) is 4.43 Å². The Morgan fingerprint density at radius 3 is 2.17 bits per heavy atom. The van der Waals surface area contributed by atoms with Gasteiger partial charge in [0.05, 0.1) is 16.1 Å². The van der Waals surface area contributed by atoms with Gasteiger partial charge in [0, 0.05) is 4.43 Å². The molecule has 0 unspecified atom stereocenters. The summed E-state index contributed by atoms with van der Waals surface area (Å²) in [7, 11) is 1.66. The van der Waals surface area contributed by atoms with Gasteiger partial charge >= 0.3 is 0 Å². The minimum absolute atomic E-state index is 0.851. The van der Waals surface area contributed by atoms with Gasteiger partial charge in [-0.1, -0.05) is 22.6 Å². The molecule has 66 valence electrons. The third-order valence-electron chi connectivity index (χ3n) is 1.42. The number of halogens is 3. The fourth-order valence-electron chi connectivity index (χ4n) is 0.885. The summed E-state index contributed by atoms with van der Waals surface area (Å²) in [4.78, 5) is 0. The molecule has 0 N–H and O–H groups in total. The molecule has 4 heteroatoms. The largest absolute Gasteiger partial charge is 0.494 e. The minimum atomic E-state index is 0.851. The Morgan fingerprint density at radius 1 is 1.33 bits per heavy atom. The standard InChI is InChI=1S/C8H7Br2IO/c1-12-8-6(9)2-5(4-11)3-7(8)10/h2-3H,4H2,1H3. The molecule has 0 saturated heterocycles. The molecule has 0 aliphatic heterocycles. The lowest BCUT2D eigenvalue weighted by Crippen LogP contribution is -1.88. The molecule has 0 atom stereocenters. The van der Waals surface area contributed by atoms with Gasteiger partial charge in [-0.25, -0.2) is 0 Å². The molecule has 1 aromatic rings. The molecule has 12 heavy (non-hydrogen) atoms. The van der Waals surface area contributed by atoms with Gasteiger partial charge in [0.25, 0.3) is 0 Å². The highest BCUT2D eigenvalue weighted by molar-refractivity contribution is 14.1. The molecule has 0 radical (unpaired) electrons. The predicted molar refractivity (Wildman–Crippen MR) is 66.1 cm³/mol. The maximum atomic E-state index is 5.18. The Labute approximate surface area is 102 Å². The van der Waals surface area contributed by atoms with Gasteiger partial charge in [-0.3, -0.25) is 0 Å². The molecule has 0 amide bonds. The highest BCUT2D eigenvalue weighted by Gasteiger charge is 2.06. The van der Waals surface area contributed by atoms with E-state index in [4.69, 9.17) is 4.74 Å². The van der Waals surface area contributed by atoms with E-state index in [-0.39, 0.29) is 0 Å². The van der Waals surface area contributed by atoms with Crippen LogP contribution in [0.25, 0.3) is 0 Å². The predicted octanol–water partition coefficient (Wildman–Crippen LogP) is 4.16. The van der Waals surface area contributed by atoms with Gasteiger partial charge in [0.15, 0.2) is 0 Å². The minimum Gasteiger partial charge on any atom is -0.494 e. The van der Waals surface area contributed by atoms with Crippen molar-refractivity contribution in [2.24, 2.45) is 0 Å². The summed E-state index contributed by atoms with van der Waals surface area (Å²) in [6.07, 6.45) is 0. The molecule has 1 rings (SSSR count). The molecule has 0 spiro atoms. The number of methoxy groups -OCH3 is 1. The van der Waals surface area contributed by atoms with Gasteiger partial charge in [0.2, 0.25) is 0 Å². The van der Waals surface area contributed by atoms with Crippen molar-refractivity contribution in [2.45, 2.75) is 4.43 Å². The van der Waals surface area contributed by atoms with Crippen LogP contribution in [0.4, 0.5) is 0 Å². The summed E-state index contributed by atoms with van der Waals surface area (Å²) < 4.78 is 8.16. The third-order valence-corrected chi connectivity index (χ3v) is 3.48. The zero-order valence-electron chi connectivity index (χ0n) is 6.40. The first kappa shape index (κ1) is 10.8. The number of benzene rings is 1. The number of rotatable bonds is 2. The van der Waals surface area contributed by atoms with Crippen LogP contribution in [0, 0.1) is 0 Å². The lowest BCUT2D eigenvalue weighted by Gasteiger charge is -2.07. The fraction of sp³-hybridized carbons (Fsp3) is 0.250. The second-order valence-electron chi connectivity index (χ2n) is 2.23. The van der Waals surface area contributed by atoms with Gasteiger partial charge in [-0.15, -0.1) is 0 Å². The lowest BCUT2D eigenvalue weighted by atomic mass is 10.2. The van der Waals surface area contributed by atoms with Crippen LogP contribution in [0.15, 0.2) is 21.1 Å². The molecule has 0 heterocycles. The first-order valence-electron chi connectivity index (χ1n) is 3.27. The number of alkyl halides is 1. The summed E-state index contributed by atoms with van der Waals surface area (Å²) in [5.74, 6) is 0.851. The Bertz CT molecular complexity index is 265. The van der Waals surface area contributed by atoms with E-state index in [0.717, 1.165) is 19.1 Å². The van der Waals surface area contributed by atoms with Crippen LogP contribution in [-0.4, -0.2) is 7.11 Å². The molecule has 0 saturated carbocycles. The number of hydrogen-bond acceptors (Lipinski definition) is 1. The molecule has 0 bridgehead atoms. The molecule has 1 aromatic carbocycles. The second-order valence-corrected chi connectivity index (χ2v) is 4.70. The first-order valence-corrected chi connectivity index (χ1v) is 6.38. The van der Waals surface area contributed by atoms with Crippen molar-refractivity contribution in [1.29, 1.82) is 0 Å². The Kier molecular flexibility index (Phi) is 4.32. The SMILES string of the molecule is COc1c(Br)cc(CI)cc1Br. The average molecular weight is 406 g/mol. The summed E-state index contributed by atoms with van der Waals surface area (Å²) in [5, 5.41) is 0. The van der Waals surface area contributed by atoms with E-state index < -0.39 is 0 Å². The zero-order chi connectivity index (χ0) is 9.14. The van der Waals surface area contributed by atoms with Gasteiger partial charge < -0.3 is 4.74 Å². The van der Waals surface area contributed by atoms with Gasteiger partial charge in [-0.05, 0) is 49.6 Å². The van der Waals surface area contributed by atoms with E-state index in [1.54, 1.807) is 7.11 Å². The molecular weight excluding hydrogens is 399 g/mol. The van der Waals surface area contributed by atoms with Crippen molar-refractivity contribution in [3.63, 3.8) is 0 Å². The zero-order valence-corrected chi connectivity index (χ0v) is 11.7. The summed E-state index contributed by atoms with van der Waals surface area (Å²) in [6, 6.07) is 4.13. The van der Waals surface area contributed by atoms with Gasteiger partial charge in [0.1, 0.15) is 5.75 Å². The van der Waals surface area contributed by atoms with Crippen LogP contribution < -0.4 is 4.74 Å². The lowest BCUT2D eigenvalue weighted by molar-refractivity contribution is 0.409. The van der Waals surface area contributed by atoms with Crippen LogP contribution in [0.2, 0.25) is 0 Å². The van der Waals surface area contributed by atoms with Crippen LogP contribution in [0.3, 0.4) is 0 Å². The molecule has 0 aliphatic rings. The van der Waals surface area contributed by atoms with E-state index in [9.17, 15) is 0 Å². The molecule has 0 fully saturated rings. The summed E-state index contributed by atoms with van der Waals surface area (Å²) >= 11 is 9.21. The number of ether oxygens (including phenoxy) is 1. The maximum absolute atomic E-state index is 5.18. The number of hydrogen-bond donors (Lipinski definition) is 0. The van der Waals surface area contributed by atoms with E-state index in [0.29, 0.717) is 0 Å². The average Bonchev–Trinajstić information content (AvgIpc) is 2.03. The quantitative estimate of drug-likeness (QED) is 0.530. The smallest absolute Gasteiger partial charge is 0.147 e. The van der Waals surface area contributed by atoms with Crippen LogP contribution in [0.1, 0.15) is 5.56 Å². The molecular formula is C8H7Br2IO. The Hall–Kier alpha value is 0.710. The van der Waals surface area contributed by atoms with E-state index >= 15 is 0 Å². The third kappa shape index (κ3) is 2.35. The van der Waals surface area contributed by atoms with Crippen molar-refractivity contribution in [3.05, 3.63) is 26.6 Å². The summed E-state index contributed by atoms with van der Waals surface area (Å²) in [5.41, 5.74) is 1.27. The molecule has 0 aliphatic carbocycles. The Balaban J connectivity index is 3.18. The van der Waals surface area contributed by atoms with Crippen molar-refractivity contribution >= 4 is 54.5 Å². The first-order chi connectivity index (χ1) is 5.69. The van der Waals surface area contributed by atoms with Gasteiger partial charge in [-0.2, -0.15) is 0 Å². The normalized spacial score (nSPS) is 10.0. The van der Waals surface area contributed by atoms with Crippen LogP contribution >= 0.6 is 54.5 Å².